The molecule has 0 saturated carbocycles. The summed E-state index contributed by atoms with van der Waals surface area (Å²) in [4.78, 5) is 12.2. The minimum atomic E-state index is 0.00163. The summed E-state index contributed by atoms with van der Waals surface area (Å²) in [6, 6.07) is 0.257. The van der Waals surface area contributed by atoms with E-state index in [9.17, 15) is 0 Å². The monoisotopic (exact) mass is 267 g/mol. The summed E-state index contributed by atoms with van der Waals surface area (Å²) in [5.74, 6) is 1.16. The van der Waals surface area contributed by atoms with Crippen molar-refractivity contribution in [1.82, 2.24) is 15.0 Å². The first-order valence-corrected chi connectivity index (χ1v) is 6.63. The van der Waals surface area contributed by atoms with Gasteiger partial charge in [0.15, 0.2) is 0 Å². The maximum absolute atomic E-state index is 5.65. The van der Waals surface area contributed by atoms with E-state index in [0.717, 1.165) is 6.54 Å². The molecule has 1 aromatic rings. The summed E-state index contributed by atoms with van der Waals surface area (Å²) >= 11 is 0. The fraction of sp³-hybridized carbons (Fsp3) is 0.769. The van der Waals surface area contributed by atoms with Gasteiger partial charge in [0.25, 0.3) is 0 Å². The van der Waals surface area contributed by atoms with E-state index >= 15 is 0 Å². The Balaban J connectivity index is 2.76. The lowest BCUT2D eigenvalue weighted by Crippen LogP contribution is -2.29. The summed E-state index contributed by atoms with van der Waals surface area (Å²) in [6.07, 6.45) is 0.00163. The van der Waals surface area contributed by atoms with Crippen LogP contribution in [0, 0.1) is 11.3 Å². The summed E-state index contributed by atoms with van der Waals surface area (Å²) in [5, 5.41) is 3.20. The largest absolute Gasteiger partial charge is 0.461 e. The zero-order valence-electron chi connectivity index (χ0n) is 12.7. The van der Waals surface area contributed by atoms with Crippen LogP contribution in [0.4, 0.5) is 11.9 Å². The highest BCUT2D eigenvalue weighted by Crippen LogP contribution is 2.26. The van der Waals surface area contributed by atoms with Crippen molar-refractivity contribution in [2.24, 2.45) is 11.3 Å². The molecule has 0 unspecified atom stereocenters. The first-order valence-electron chi connectivity index (χ1n) is 6.63. The van der Waals surface area contributed by atoms with Crippen LogP contribution in [0.3, 0.4) is 0 Å². The second kappa shape index (κ2) is 6.04. The topological polar surface area (TPSA) is 86.0 Å². The van der Waals surface area contributed by atoms with Crippen LogP contribution in [0.15, 0.2) is 0 Å². The van der Waals surface area contributed by atoms with E-state index in [1.807, 2.05) is 13.8 Å². The van der Waals surface area contributed by atoms with E-state index in [4.69, 9.17) is 10.5 Å². The van der Waals surface area contributed by atoms with Crippen molar-refractivity contribution in [2.45, 2.75) is 47.6 Å². The normalized spacial score (nSPS) is 12.0. The number of nitrogens with zero attached hydrogens (tertiary/aromatic N) is 3. The van der Waals surface area contributed by atoms with Gasteiger partial charge in [-0.15, -0.1) is 0 Å². The van der Waals surface area contributed by atoms with E-state index < -0.39 is 0 Å². The minimum absolute atomic E-state index is 0.00163. The number of nitrogens with one attached hydrogen (secondary N) is 1. The van der Waals surface area contributed by atoms with Crippen molar-refractivity contribution in [3.05, 3.63) is 0 Å². The van der Waals surface area contributed by atoms with Crippen molar-refractivity contribution in [2.75, 3.05) is 17.6 Å². The van der Waals surface area contributed by atoms with Crippen LogP contribution in [-0.4, -0.2) is 27.6 Å². The molecule has 1 aromatic heterocycles. The third kappa shape index (κ3) is 4.89. The van der Waals surface area contributed by atoms with Gasteiger partial charge in [-0.1, -0.05) is 27.7 Å². The number of hydrogen-bond acceptors (Lipinski definition) is 6. The van der Waals surface area contributed by atoms with Gasteiger partial charge in [-0.05, 0) is 25.2 Å². The standard InChI is InChI=1S/C13H25N5O/c1-8(2)13(5,6)7-15-11-16-10(14)17-12(18-11)19-9(3)4/h8-9H,7H2,1-6H3,(H3,14,15,16,17,18). The van der Waals surface area contributed by atoms with Crippen LogP contribution in [0.25, 0.3) is 0 Å². The van der Waals surface area contributed by atoms with E-state index in [2.05, 4.69) is 48.0 Å². The molecule has 0 aliphatic rings. The van der Waals surface area contributed by atoms with Gasteiger partial charge >= 0.3 is 6.01 Å². The van der Waals surface area contributed by atoms with Crippen LogP contribution in [0.1, 0.15) is 41.5 Å². The molecule has 0 aliphatic carbocycles. The molecule has 19 heavy (non-hydrogen) atoms. The Morgan fingerprint density at radius 3 is 2.32 bits per heavy atom. The Kier molecular flexibility index (Phi) is 4.91. The molecular weight excluding hydrogens is 242 g/mol. The molecule has 0 fully saturated rings. The zero-order chi connectivity index (χ0) is 14.6. The molecule has 108 valence electrons. The second-order valence-electron chi connectivity index (χ2n) is 5.96. The Labute approximate surface area is 115 Å². The average molecular weight is 267 g/mol. The predicted octanol–water partition coefficient (Wildman–Crippen LogP) is 2.34. The number of ether oxygens (including phenoxy) is 1. The SMILES string of the molecule is CC(C)Oc1nc(N)nc(NCC(C)(C)C(C)C)n1. The van der Waals surface area contributed by atoms with E-state index in [1.165, 1.54) is 0 Å². The van der Waals surface area contributed by atoms with Crippen LogP contribution in [0.2, 0.25) is 0 Å². The van der Waals surface area contributed by atoms with E-state index in [0.29, 0.717) is 11.9 Å². The summed E-state index contributed by atoms with van der Waals surface area (Å²) in [7, 11) is 0. The molecule has 6 nitrogen and oxygen atoms in total. The predicted molar refractivity (Wildman–Crippen MR) is 77.1 cm³/mol. The van der Waals surface area contributed by atoms with Crippen molar-refractivity contribution in [3.63, 3.8) is 0 Å². The molecular formula is C13H25N5O. The molecule has 6 heteroatoms. The van der Waals surface area contributed by atoms with E-state index in [1.54, 1.807) is 0 Å². The molecule has 1 rings (SSSR count). The summed E-state index contributed by atoms with van der Waals surface area (Å²) < 4.78 is 5.43. The Hall–Kier alpha value is -1.59. The quantitative estimate of drug-likeness (QED) is 0.822. The lowest BCUT2D eigenvalue weighted by Gasteiger charge is -2.29. The van der Waals surface area contributed by atoms with Gasteiger partial charge in [-0.2, -0.15) is 15.0 Å². The van der Waals surface area contributed by atoms with Crippen molar-refractivity contribution in [3.8, 4) is 6.01 Å². The first kappa shape index (κ1) is 15.5. The second-order valence-corrected chi connectivity index (χ2v) is 5.96. The van der Waals surface area contributed by atoms with Crippen molar-refractivity contribution < 1.29 is 4.74 Å². The van der Waals surface area contributed by atoms with Crippen LogP contribution in [-0.2, 0) is 0 Å². The average Bonchev–Trinajstić information content (AvgIpc) is 2.24. The van der Waals surface area contributed by atoms with Gasteiger partial charge in [-0.25, -0.2) is 0 Å². The number of anilines is 2. The molecule has 0 aromatic carbocycles. The maximum atomic E-state index is 5.65. The number of nitrogens with two attached hydrogens (primary N) is 1. The Morgan fingerprint density at radius 1 is 1.16 bits per heavy atom. The Bertz CT molecular complexity index is 417. The molecule has 0 aliphatic heterocycles. The lowest BCUT2D eigenvalue weighted by atomic mass is 9.81. The first-order chi connectivity index (χ1) is 8.70. The third-order valence-electron chi connectivity index (χ3n) is 3.24. The number of aromatic nitrogens is 3. The maximum Gasteiger partial charge on any atom is 0.323 e. The lowest BCUT2D eigenvalue weighted by molar-refractivity contribution is 0.222. The fourth-order valence-corrected chi connectivity index (χ4v) is 1.23. The minimum Gasteiger partial charge on any atom is -0.461 e. The number of nitrogen functional groups attached to an aromatic ring is 1. The highest BCUT2D eigenvalue weighted by molar-refractivity contribution is 5.32. The van der Waals surface area contributed by atoms with Gasteiger partial charge in [0, 0.05) is 6.54 Å². The van der Waals surface area contributed by atoms with Crippen LogP contribution < -0.4 is 15.8 Å². The Morgan fingerprint density at radius 2 is 1.79 bits per heavy atom. The zero-order valence-corrected chi connectivity index (χ0v) is 12.7. The van der Waals surface area contributed by atoms with Gasteiger partial charge in [0.1, 0.15) is 0 Å². The number of hydrogen-bond donors (Lipinski definition) is 2. The van der Waals surface area contributed by atoms with Crippen molar-refractivity contribution in [1.29, 1.82) is 0 Å². The van der Waals surface area contributed by atoms with E-state index in [-0.39, 0.29) is 23.5 Å². The highest BCUT2D eigenvalue weighted by atomic mass is 16.5. The van der Waals surface area contributed by atoms with Crippen molar-refractivity contribution >= 4 is 11.9 Å². The molecule has 0 spiro atoms. The summed E-state index contributed by atoms with van der Waals surface area (Å²) in [5.41, 5.74) is 5.79. The molecule has 0 amide bonds. The van der Waals surface area contributed by atoms with Crippen LogP contribution in [0.5, 0.6) is 6.01 Å². The fourth-order valence-electron chi connectivity index (χ4n) is 1.23. The smallest absolute Gasteiger partial charge is 0.323 e. The van der Waals surface area contributed by atoms with Gasteiger partial charge < -0.3 is 15.8 Å². The third-order valence-corrected chi connectivity index (χ3v) is 3.24. The molecule has 0 atom stereocenters. The highest BCUT2D eigenvalue weighted by Gasteiger charge is 2.22. The van der Waals surface area contributed by atoms with Gasteiger partial charge in [0.2, 0.25) is 11.9 Å². The number of rotatable bonds is 6. The van der Waals surface area contributed by atoms with Gasteiger partial charge in [0.05, 0.1) is 6.10 Å². The molecule has 1 heterocycles. The van der Waals surface area contributed by atoms with Crippen LogP contribution >= 0.6 is 0 Å². The molecule has 0 saturated heterocycles. The molecule has 0 bridgehead atoms. The molecule has 3 N–H and O–H groups in total. The molecule has 0 radical (unpaired) electrons. The summed E-state index contributed by atoms with van der Waals surface area (Å²) in [6.45, 7) is 13.4. The van der Waals surface area contributed by atoms with Gasteiger partial charge in [-0.3, -0.25) is 0 Å².